The Morgan fingerprint density at radius 1 is 1.25 bits per heavy atom. The number of hydrogen-bond acceptors (Lipinski definition) is 2. The lowest BCUT2D eigenvalue weighted by Crippen LogP contribution is -2.43. The van der Waals surface area contributed by atoms with Crippen LogP contribution in [0.4, 0.5) is 0 Å². The Morgan fingerprint density at radius 2 is 2.00 bits per heavy atom. The maximum Gasteiger partial charge on any atom is 0.307 e. The van der Waals surface area contributed by atoms with Crippen LogP contribution in [0.3, 0.4) is 0 Å². The minimum Gasteiger partial charge on any atom is -0.481 e. The number of rotatable bonds is 4. The fraction of sp³-hybridized carbons (Fsp3) is 0.588. The van der Waals surface area contributed by atoms with E-state index in [1.165, 1.54) is 18.4 Å². The molecule has 1 saturated heterocycles. The van der Waals surface area contributed by atoms with Gasteiger partial charge in [-0.2, -0.15) is 0 Å². The van der Waals surface area contributed by atoms with Crippen LogP contribution in [0.25, 0.3) is 0 Å². The van der Waals surface area contributed by atoms with E-state index in [1.54, 1.807) is 0 Å². The van der Waals surface area contributed by atoms with E-state index < -0.39 is 5.97 Å². The van der Waals surface area contributed by atoms with Gasteiger partial charge in [0.1, 0.15) is 0 Å². The number of carboxylic acids is 1. The molecule has 1 N–H and O–H groups in total. The molecular weight excluding hydrogens is 250 g/mol. The Hall–Kier alpha value is -1.35. The number of benzene rings is 1. The van der Waals surface area contributed by atoms with Gasteiger partial charge in [0.05, 0.1) is 5.92 Å². The molecule has 0 aromatic heterocycles. The van der Waals surface area contributed by atoms with E-state index in [9.17, 15) is 4.79 Å². The van der Waals surface area contributed by atoms with E-state index in [0.717, 1.165) is 44.3 Å². The predicted octanol–water partition coefficient (Wildman–Crippen LogP) is 2.98. The van der Waals surface area contributed by atoms with Crippen molar-refractivity contribution < 1.29 is 9.90 Å². The van der Waals surface area contributed by atoms with Crippen molar-refractivity contribution in [2.45, 2.75) is 31.6 Å². The highest BCUT2D eigenvalue weighted by Gasteiger charge is 2.33. The van der Waals surface area contributed by atoms with Gasteiger partial charge in [0, 0.05) is 13.1 Å². The van der Waals surface area contributed by atoms with Crippen molar-refractivity contribution in [2.75, 3.05) is 19.6 Å². The Balaban J connectivity index is 1.46. The summed E-state index contributed by atoms with van der Waals surface area (Å²) in [6.07, 6.45) is 4.41. The Labute approximate surface area is 120 Å². The van der Waals surface area contributed by atoms with Gasteiger partial charge in [0.15, 0.2) is 0 Å². The van der Waals surface area contributed by atoms with Gasteiger partial charge in [0.25, 0.3) is 0 Å². The molecule has 2 aliphatic rings. The number of aliphatic carboxylic acids is 1. The van der Waals surface area contributed by atoms with Gasteiger partial charge in [-0.1, -0.05) is 30.3 Å². The molecule has 0 spiro atoms. The summed E-state index contributed by atoms with van der Waals surface area (Å²) >= 11 is 0. The minimum absolute atomic E-state index is 0.145. The lowest BCUT2D eigenvalue weighted by atomic mass is 9.71. The fourth-order valence-corrected chi connectivity index (χ4v) is 3.67. The highest BCUT2D eigenvalue weighted by Crippen LogP contribution is 2.42. The zero-order chi connectivity index (χ0) is 13.9. The molecule has 108 valence electrons. The van der Waals surface area contributed by atoms with Gasteiger partial charge in [0.2, 0.25) is 0 Å². The molecule has 1 aromatic carbocycles. The number of hydrogen-bond donors (Lipinski definition) is 1. The first-order chi connectivity index (χ1) is 9.72. The molecule has 2 fully saturated rings. The molecule has 3 rings (SSSR count). The maximum absolute atomic E-state index is 11.1. The van der Waals surface area contributed by atoms with Crippen LogP contribution in [0, 0.1) is 11.8 Å². The summed E-state index contributed by atoms with van der Waals surface area (Å²) in [4.78, 5) is 13.4. The minimum atomic E-state index is -0.620. The van der Waals surface area contributed by atoms with Crippen molar-refractivity contribution in [1.29, 1.82) is 0 Å². The van der Waals surface area contributed by atoms with E-state index in [0.29, 0.717) is 0 Å². The highest BCUT2D eigenvalue weighted by molar-refractivity contribution is 5.70. The largest absolute Gasteiger partial charge is 0.481 e. The normalized spacial score (nSPS) is 30.7. The van der Waals surface area contributed by atoms with Gasteiger partial charge >= 0.3 is 5.97 Å². The summed E-state index contributed by atoms with van der Waals surface area (Å²) < 4.78 is 0. The van der Waals surface area contributed by atoms with Crippen LogP contribution < -0.4 is 0 Å². The van der Waals surface area contributed by atoms with Gasteiger partial charge in [-0.05, 0) is 49.6 Å². The molecule has 1 aliphatic heterocycles. The molecule has 3 nitrogen and oxygen atoms in total. The monoisotopic (exact) mass is 273 g/mol. The van der Waals surface area contributed by atoms with Crippen LogP contribution in [0.5, 0.6) is 0 Å². The molecule has 0 amide bonds. The average Bonchev–Trinajstić information content (AvgIpc) is 2.43. The first-order valence-corrected chi connectivity index (χ1v) is 7.72. The van der Waals surface area contributed by atoms with Crippen LogP contribution in [0.1, 0.15) is 37.2 Å². The molecule has 1 heterocycles. The van der Waals surface area contributed by atoms with Crippen molar-refractivity contribution in [3.63, 3.8) is 0 Å². The number of nitrogens with zero attached hydrogens (tertiary/aromatic N) is 1. The third kappa shape index (κ3) is 3.04. The Morgan fingerprint density at radius 3 is 2.70 bits per heavy atom. The smallest absolute Gasteiger partial charge is 0.307 e. The van der Waals surface area contributed by atoms with Crippen LogP contribution in [-0.4, -0.2) is 35.6 Å². The zero-order valence-electron chi connectivity index (χ0n) is 11.9. The van der Waals surface area contributed by atoms with Crippen LogP contribution in [-0.2, 0) is 4.79 Å². The summed E-state index contributed by atoms with van der Waals surface area (Å²) in [5.41, 5.74) is 1.46. The first-order valence-electron chi connectivity index (χ1n) is 7.72. The van der Waals surface area contributed by atoms with Crippen LogP contribution in [0.15, 0.2) is 30.3 Å². The molecule has 20 heavy (non-hydrogen) atoms. The average molecular weight is 273 g/mol. The van der Waals surface area contributed by atoms with Crippen molar-refractivity contribution >= 4 is 5.97 Å². The summed E-state index contributed by atoms with van der Waals surface area (Å²) in [5, 5.41) is 9.13. The van der Waals surface area contributed by atoms with Gasteiger partial charge in [-0.25, -0.2) is 0 Å². The number of likely N-dealkylation sites (tertiary alicyclic amines) is 1. The third-order valence-corrected chi connectivity index (χ3v) is 4.88. The van der Waals surface area contributed by atoms with E-state index in [4.69, 9.17) is 5.11 Å². The molecule has 3 heteroatoms. The highest BCUT2D eigenvalue weighted by atomic mass is 16.4. The Bertz CT molecular complexity index is 453. The maximum atomic E-state index is 11.1. The first kappa shape index (κ1) is 13.6. The topological polar surface area (TPSA) is 40.5 Å². The van der Waals surface area contributed by atoms with E-state index in [1.807, 2.05) is 0 Å². The molecule has 1 unspecified atom stereocenters. The van der Waals surface area contributed by atoms with Gasteiger partial charge in [-0.3, -0.25) is 4.79 Å². The lowest BCUT2D eigenvalue weighted by Gasteiger charge is -2.41. The number of carbonyl (C=O) groups is 1. The van der Waals surface area contributed by atoms with Gasteiger partial charge in [-0.15, -0.1) is 0 Å². The van der Waals surface area contributed by atoms with E-state index >= 15 is 0 Å². The second-order valence-electron chi connectivity index (χ2n) is 6.38. The summed E-state index contributed by atoms with van der Waals surface area (Å²) in [7, 11) is 0. The summed E-state index contributed by atoms with van der Waals surface area (Å²) in [6.45, 7) is 2.92. The third-order valence-electron chi connectivity index (χ3n) is 4.88. The molecule has 1 aliphatic carbocycles. The molecule has 0 radical (unpaired) electrons. The molecule has 1 saturated carbocycles. The second-order valence-corrected chi connectivity index (χ2v) is 6.38. The molecule has 0 bridgehead atoms. The number of carboxylic acid groups (broad SMARTS) is 1. The fourth-order valence-electron chi connectivity index (χ4n) is 3.67. The molecular formula is C17H23NO2. The SMILES string of the molecule is O=C(O)C1CCCN(CC2CC(c3ccccc3)C2)C1. The molecule has 1 atom stereocenters. The number of piperidine rings is 1. The van der Waals surface area contributed by atoms with Crippen LogP contribution in [0.2, 0.25) is 0 Å². The van der Waals surface area contributed by atoms with Gasteiger partial charge < -0.3 is 10.0 Å². The Kier molecular flexibility index (Phi) is 4.06. The quantitative estimate of drug-likeness (QED) is 0.917. The van der Waals surface area contributed by atoms with Crippen molar-refractivity contribution in [1.82, 2.24) is 4.90 Å². The standard InChI is InChI=1S/C17H23NO2/c19-17(20)15-7-4-8-18(12-15)11-13-9-16(10-13)14-5-2-1-3-6-14/h1-3,5-6,13,15-16H,4,7-12H2,(H,19,20). The molecule has 1 aromatic rings. The predicted molar refractivity (Wildman–Crippen MR) is 78.7 cm³/mol. The van der Waals surface area contributed by atoms with Crippen molar-refractivity contribution in [3.05, 3.63) is 35.9 Å². The summed E-state index contributed by atoms with van der Waals surface area (Å²) in [6, 6.07) is 10.7. The van der Waals surface area contributed by atoms with E-state index in [2.05, 4.69) is 35.2 Å². The summed E-state index contributed by atoms with van der Waals surface area (Å²) in [5.74, 6) is 0.716. The van der Waals surface area contributed by atoms with Crippen LogP contribution >= 0.6 is 0 Å². The zero-order valence-corrected chi connectivity index (χ0v) is 11.9. The van der Waals surface area contributed by atoms with E-state index in [-0.39, 0.29) is 5.92 Å². The lowest BCUT2D eigenvalue weighted by molar-refractivity contribution is -0.143. The van der Waals surface area contributed by atoms with Crippen molar-refractivity contribution in [2.24, 2.45) is 11.8 Å². The second kappa shape index (κ2) is 5.96. The van der Waals surface area contributed by atoms with Crippen molar-refractivity contribution in [3.8, 4) is 0 Å².